The van der Waals surface area contributed by atoms with E-state index in [-0.39, 0.29) is 5.41 Å². The van der Waals surface area contributed by atoms with Crippen molar-refractivity contribution in [2.75, 3.05) is 0 Å². The molecule has 1 heterocycles. The molecule has 26 heavy (non-hydrogen) atoms. The second-order valence-electron chi connectivity index (χ2n) is 9.76. The summed E-state index contributed by atoms with van der Waals surface area (Å²) in [7, 11) is 0. The van der Waals surface area contributed by atoms with Gasteiger partial charge in [-0.15, -0.1) is 0 Å². The molecule has 5 atom stereocenters. The van der Waals surface area contributed by atoms with E-state index in [1.807, 2.05) is 12.4 Å². The van der Waals surface area contributed by atoms with Crippen molar-refractivity contribution in [3.8, 4) is 0 Å². The lowest BCUT2D eigenvalue weighted by Gasteiger charge is -2.56. The van der Waals surface area contributed by atoms with Gasteiger partial charge in [0, 0.05) is 17.8 Å². The lowest BCUT2D eigenvalue weighted by Crippen LogP contribution is -2.46. The minimum atomic E-state index is 0.216. The maximum atomic E-state index is 4.38. The Morgan fingerprint density at radius 3 is 2.81 bits per heavy atom. The lowest BCUT2D eigenvalue weighted by molar-refractivity contribution is 0.0682. The van der Waals surface area contributed by atoms with Crippen LogP contribution in [0, 0.1) is 28.6 Å². The summed E-state index contributed by atoms with van der Waals surface area (Å²) in [6.07, 6.45) is 19.5. The van der Waals surface area contributed by atoms with Crippen LogP contribution in [-0.4, -0.2) is 4.98 Å². The minimum absolute atomic E-state index is 0.216. The number of fused-ring (bicyclic) bond motifs is 5. The van der Waals surface area contributed by atoms with E-state index in [4.69, 9.17) is 0 Å². The maximum Gasteiger partial charge on any atom is 0.0343 e. The summed E-state index contributed by atoms with van der Waals surface area (Å²) in [5, 5.41) is 0. The first-order valence-corrected chi connectivity index (χ1v) is 10.5. The zero-order valence-electron chi connectivity index (χ0n) is 16.5. The molecule has 1 unspecified atom stereocenters. The largest absolute Gasteiger partial charge is 0.264 e. The first kappa shape index (κ1) is 16.5. The van der Waals surface area contributed by atoms with Gasteiger partial charge in [0.05, 0.1) is 0 Å². The molecule has 4 aliphatic carbocycles. The number of pyridine rings is 1. The summed E-state index contributed by atoms with van der Waals surface area (Å²) >= 11 is 0. The van der Waals surface area contributed by atoms with Crippen molar-refractivity contribution < 1.29 is 0 Å². The summed E-state index contributed by atoms with van der Waals surface area (Å²) in [4.78, 5) is 4.38. The van der Waals surface area contributed by atoms with Gasteiger partial charge in [-0.05, 0) is 78.9 Å². The van der Waals surface area contributed by atoms with E-state index >= 15 is 0 Å². The standard InChI is InChI=1S/C25H31N/c1-17-10-12-24(2)19(15-17)6-7-20-22-9-8-21(18-5-4-14-26-16-18)25(22,3)13-11-23(20)24/h4-6,8-9,14,16-17,20,23H,7,10-13,15H2,1-3H3/t17-,20-,23?,24-,25+/m0/s1. The van der Waals surface area contributed by atoms with Crippen molar-refractivity contribution in [1.82, 2.24) is 4.98 Å². The lowest BCUT2D eigenvalue weighted by atomic mass is 9.48. The first-order chi connectivity index (χ1) is 12.5. The quantitative estimate of drug-likeness (QED) is 0.523. The molecule has 0 aliphatic heterocycles. The van der Waals surface area contributed by atoms with Gasteiger partial charge in [-0.3, -0.25) is 4.98 Å². The highest BCUT2D eigenvalue weighted by molar-refractivity contribution is 5.78. The predicted octanol–water partition coefficient (Wildman–Crippen LogP) is 6.59. The number of nitrogens with zero attached hydrogens (tertiary/aromatic N) is 1. The normalized spacial score (nSPS) is 41.3. The molecule has 1 nitrogen and oxygen atoms in total. The van der Waals surface area contributed by atoms with Crippen molar-refractivity contribution in [3.63, 3.8) is 0 Å². The number of allylic oxidation sites excluding steroid dienone is 6. The monoisotopic (exact) mass is 345 g/mol. The molecule has 1 aromatic heterocycles. The highest BCUT2D eigenvalue weighted by Gasteiger charge is 2.53. The van der Waals surface area contributed by atoms with Crippen LogP contribution >= 0.6 is 0 Å². The molecule has 0 saturated heterocycles. The maximum absolute atomic E-state index is 4.38. The molecular formula is C25H31N. The summed E-state index contributed by atoms with van der Waals surface area (Å²) in [5.74, 6) is 2.46. The number of rotatable bonds is 1. The molecule has 0 aromatic carbocycles. The Hall–Kier alpha value is -1.63. The van der Waals surface area contributed by atoms with Gasteiger partial charge in [0.15, 0.2) is 0 Å². The molecule has 1 aromatic rings. The Kier molecular flexibility index (Phi) is 3.61. The fourth-order valence-corrected chi connectivity index (χ4v) is 6.79. The van der Waals surface area contributed by atoms with Crippen molar-refractivity contribution in [1.29, 1.82) is 0 Å². The Morgan fingerprint density at radius 1 is 1.12 bits per heavy atom. The average Bonchev–Trinajstić information content (AvgIpc) is 3.00. The number of hydrogen-bond donors (Lipinski definition) is 0. The van der Waals surface area contributed by atoms with Gasteiger partial charge in [-0.25, -0.2) is 0 Å². The Morgan fingerprint density at radius 2 is 2.00 bits per heavy atom. The Bertz CT molecular complexity index is 814. The van der Waals surface area contributed by atoms with Crippen LogP contribution in [0.3, 0.4) is 0 Å². The molecule has 0 spiro atoms. The number of hydrogen-bond acceptors (Lipinski definition) is 1. The van der Waals surface area contributed by atoms with Crippen molar-refractivity contribution in [2.45, 2.75) is 59.3 Å². The Balaban J connectivity index is 1.50. The van der Waals surface area contributed by atoms with E-state index < -0.39 is 0 Å². The zero-order chi connectivity index (χ0) is 17.9. The van der Waals surface area contributed by atoms with Crippen molar-refractivity contribution in [3.05, 3.63) is 59.5 Å². The first-order valence-electron chi connectivity index (χ1n) is 10.5. The van der Waals surface area contributed by atoms with Crippen LogP contribution in [0.4, 0.5) is 0 Å². The van der Waals surface area contributed by atoms with E-state index in [2.05, 4.69) is 56.1 Å². The van der Waals surface area contributed by atoms with Crippen molar-refractivity contribution in [2.24, 2.45) is 28.6 Å². The molecular weight excluding hydrogens is 314 g/mol. The molecule has 0 radical (unpaired) electrons. The molecule has 136 valence electrons. The van der Waals surface area contributed by atoms with Crippen LogP contribution < -0.4 is 0 Å². The van der Waals surface area contributed by atoms with Gasteiger partial charge in [-0.1, -0.05) is 56.2 Å². The van der Waals surface area contributed by atoms with Gasteiger partial charge >= 0.3 is 0 Å². The van der Waals surface area contributed by atoms with Crippen LogP contribution in [0.5, 0.6) is 0 Å². The molecule has 1 heteroatoms. The van der Waals surface area contributed by atoms with E-state index in [1.165, 1.54) is 49.7 Å². The van der Waals surface area contributed by atoms with Gasteiger partial charge in [0.1, 0.15) is 0 Å². The minimum Gasteiger partial charge on any atom is -0.264 e. The second kappa shape index (κ2) is 5.68. The summed E-state index contributed by atoms with van der Waals surface area (Å²) in [6, 6.07) is 4.30. The predicted molar refractivity (Wildman–Crippen MR) is 108 cm³/mol. The van der Waals surface area contributed by atoms with Crippen LogP contribution in [0.1, 0.15) is 64.9 Å². The third-order valence-electron chi connectivity index (χ3n) is 8.37. The van der Waals surface area contributed by atoms with Crippen LogP contribution in [0.25, 0.3) is 5.57 Å². The highest BCUT2D eigenvalue weighted by atomic mass is 14.6. The molecule has 0 amide bonds. The van der Waals surface area contributed by atoms with Gasteiger partial charge in [0.2, 0.25) is 0 Å². The van der Waals surface area contributed by atoms with E-state index in [0.717, 1.165) is 17.8 Å². The second-order valence-corrected chi connectivity index (χ2v) is 9.76. The molecule has 2 fully saturated rings. The molecule has 5 rings (SSSR count). The smallest absolute Gasteiger partial charge is 0.0343 e. The van der Waals surface area contributed by atoms with E-state index in [9.17, 15) is 0 Å². The molecule has 4 aliphatic rings. The van der Waals surface area contributed by atoms with Crippen LogP contribution in [-0.2, 0) is 0 Å². The SMILES string of the molecule is C[C@H]1CC[C@@]2(C)C(=CC[C@H]3C4=CC=C(c5cccnc5)[C@@]4(C)CCC32)C1. The molecule has 0 N–H and O–H groups in total. The van der Waals surface area contributed by atoms with Crippen molar-refractivity contribution >= 4 is 5.57 Å². The average molecular weight is 346 g/mol. The van der Waals surface area contributed by atoms with Gasteiger partial charge < -0.3 is 0 Å². The Labute approximate surface area is 158 Å². The molecule has 0 bridgehead atoms. The van der Waals surface area contributed by atoms with Gasteiger partial charge in [0.25, 0.3) is 0 Å². The molecule has 2 saturated carbocycles. The summed E-state index contributed by atoms with van der Waals surface area (Å²) < 4.78 is 0. The van der Waals surface area contributed by atoms with Crippen LogP contribution in [0.2, 0.25) is 0 Å². The zero-order valence-corrected chi connectivity index (χ0v) is 16.5. The summed E-state index contributed by atoms with van der Waals surface area (Å²) in [6.45, 7) is 7.52. The third kappa shape index (κ3) is 2.19. The fraction of sp³-hybridized carbons (Fsp3) is 0.560. The third-order valence-corrected chi connectivity index (χ3v) is 8.37. The highest BCUT2D eigenvalue weighted by Crippen LogP contribution is 2.65. The number of aromatic nitrogens is 1. The summed E-state index contributed by atoms with van der Waals surface area (Å²) in [5.41, 5.74) is 6.98. The topological polar surface area (TPSA) is 12.9 Å². The van der Waals surface area contributed by atoms with Crippen LogP contribution in [0.15, 0.2) is 53.9 Å². The van der Waals surface area contributed by atoms with E-state index in [1.54, 1.807) is 11.1 Å². The fourth-order valence-electron chi connectivity index (χ4n) is 6.79. The van der Waals surface area contributed by atoms with E-state index in [0.29, 0.717) is 5.41 Å². The van der Waals surface area contributed by atoms with Gasteiger partial charge in [-0.2, -0.15) is 0 Å².